The van der Waals surface area contributed by atoms with Crippen molar-refractivity contribution in [1.29, 1.82) is 0 Å². The normalized spacial score (nSPS) is 15.0. The molecule has 0 unspecified atom stereocenters. The lowest BCUT2D eigenvalue weighted by molar-refractivity contribution is 0.102. The first-order chi connectivity index (χ1) is 13.2. The van der Waals surface area contributed by atoms with Gasteiger partial charge in [0.15, 0.2) is 5.78 Å². The third-order valence-corrected chi connectivity index (χ3v) is 5.18. The molecule has 136 valence electrons. The van der Waals surface area contributed by atoms with E-state index in [0.29, 0.717) is 6.61 Å². The molecule has 0 saturated heterocycles. The van der Waals surface area contributed by atoms with Crippen molar-refractivity contribution in [3.8, 4) is 5.75 Å². The Hall–Kier alpha value is -2.66. The molecular formula is C22H19BrN2O2. The number of carbonyl (C=O) groups is 1. The second kappa shape index (κ2) is 7.92. The Morgan fingerprint density at radius 3 is 2.78 bits per heavy atom. The van der Waals surface area contributed by atoms with Crippen molar-refractivity contribution in [1.82, 2.24) is 9.97 Å². The maximum absolute atomic E-state index is 12.8. The maximum atomic E-state index is 12.8. The summed E-state index contributed by atoms with van der Waals surface area (Å²) in [6.45, 7) is 0.551. The third kappa shape index (κ3) is 4.19. The van der Waals surface area contributed by atoms with Gasteiger partial charge in [-0.15, -0.1) is 0 Å². The molecule has 0 spiro atoms. The fourth-order valence-corrected chi connectivity index (χ4v) is 3.51. The highest BCUT2D eigenvalue weighted by Crippen LogP contribution is 2.29. The lowest BCUT2D eigenvalue weighted by Gasteiger charge is -2.18. The van der Waals surface area contributed by atoms with Crippen LogP contribution in [0.4, 0.5) is 0 Å². The molecule has 27 heavy (non-hydrogen) atoms. The number of halogens is 1. The monoisotopic (exact) mass is 422 g/mol. The number of hydrogen-bond donors (Lipinski definition) is 1. The molecule has 4 nitrogen and oxygen atoms in total. The van der Waals surface area contributed by atoms with E-state index >= 15 is 0 Å². The van der Waals surface area contributed by atoms with Crippen LogP contribution in [0.25, 0.3) is 6.08 Å². The van der Waals surface area contributed by atoms with E-state index in [1.165, 1.54) is 0 Å². The molecule has 1 N–H and O–H groups in total. The van der Waals surface area contributed by atoms with Gasteiger partial charge in [-0.2, -0.15) is 0 Å². The topological polar surface area (TPSA) is 55.0 Å². The first-order valence-electron chi connectivity index (χ1n) is 8.94. The molecule has 3 aromatic rings. The van der Waals surface area contributed by atoms with E-state index in [0.717, 1.165) is 57.6 Å². The van der Waals surface area contributed by atoms with Crippen molar-refractivity contribution >= 4 is 27.8 Å². The van der Waals surface area contributed by atoms with E-state index in [4.69, 9.17) is 4.74 Å². The first kappa shape index (κ1) is 17.7. The number of aryl methyl sites for hydroxylation is 1. The standard InChI is InChI=1S/C22H19BrN2O2/c23-18-5-1-15(2-6-18)13-17-4-3-16-14-19(7-8-20(16)22(17)26)27-12-9-21-24-10-11-25-21/h1-2,5-8,10-11,13-14H,3-4,9,12H2,(H,24,25). The van der Waals surface area contributed by atoms with Gasteiger partial charge in [-0.05, 0) is 60.4 Å². The average molecular weight is 423 g/mol. The predicted molar refractivity (Wildman–Crippen MR) is 109 cm³/mol. The summed E-state index contributed by atoms with van der Waals surface area (Å²) < 4.78 is 6.86. The van der Waals surface area contributed by atoms with Gasteiger partial charge in [-0.25, -0.2) is 4.98 Å². The quantitative estimate of drug-likeness (QED) is 0.588. The van der Waals surface area contributed by atoms with Crippen molar-refractivity contribution in [2.45, 2.75) is 19.3 Å². The van der Waals surface area contributed by atoms with E-state index in [9.17, 15) is 4.79 Å². The number of hydrogen-bond acceptors (Lipinski definition) is 3. The Balaban J connectivity index is 1.46. The summed E-state index contributed by atoms with van der Waals surface area (Å²) in [5.74, 6) is 1.82. The van der Waals surface area contributed by atoms with Crippen LogP contribution in [0, 0.1) is 0 Å². The van der Waals surface area contributed by atoms with Gasteiger partial charge >= 0.3 is 0 Å². The molecule has 1 heterocycles. The number of rotatable bonds is 5. The fraction of sp³-hybridized carbons (Fsp3) is 0.182. The molecule has 0 atom stereocenters. The summed E-state index contributed by atoms with van der Waals surface area (Å²) >= 11 is 3.43. The molecule has 0 saturated carbocycles. The van der Waals surface area contributed by atoms with Crippen LogP contribution >= 0.6 is 15.9 Å². The molecule has 2 aromatic carbocycles. The number of ketones is 1. The summed E-state index contributed by atoms with van der Waals surface area (Å²) in [7, 11) is 0. The van der Waals surface area contributed by atoms with Crippen LogP contribution in [0.5, 0.6) is 5.75 Å². The summed E-state index contributed by atoms with van der Waals surface area (Å²) in [5, 5.41) is 0. The lowest BCUT2D eigenvalue weighted by Crippen LogP contribution is -2.14. The van der Waals surface area contributed by atoms with Gasteiger partial charge in [0.2, 0.25) is 0 Å². The number of aromatic nitrogens is 2. The number of benzene rings is 2. The Morgan fingerprint density at radius 2 is 2.00 bits per heavy atom. The summed E-state index contributed by atoms with van der Waals surface area (Å²) in [5.41, 5.74) is 3.74. The van der Waals surface area contributed by atoms with Crippen molar-refractivity contribution in [2.24, 2.45) is 0 Å². The number of H-pyrrole nitrogens is 1. The predicted octanol–water partition coefficient (Wildman–Crippen LogP) is 5.01. The van der Waals surface area contributed by atoms with Gasteiger partial charge < -0.3 is 9.72 Å². The Kier molecular flexibility index (Phi) is 5.21. The summed E-state index contributed by atoms with van der Waals surface area (Å²) in [6.07, 6.45) is 7.85. The SMILES string of the molecule is O=C1C(=Cc2ccc(Br)cc2)CCc2cc(OCCc3ncc[nH]3)ccc21. The van der Waals surface area contributed by atoms with Crippen LogP contribution in [0.1, 0.15) is 33.7 Å². The number of imidazole rings is 1. The molecule has 4 rings (SSSR count). The molecule has 0 bridgehead atoms. The highest BCUT2D eigenvalue weighted by molar-refractivity contribution is 9.10. The molecular weight excluding hydrogens is 404 g/mol. The van der Waals surface area contributed by atoms with Crippen LogP contribution < -0.4 is 4.74 Å². The van der Waals surface area contributed by atoms with E-state index in [1.54, 1.807) is 12.4 Å². The summed E-state index contributed by atoms with van der Waals surface area (Å²) in [4.78, 5) is 20.1. The number of fused-ring (bicyclic) bond motifs is 1. The number of carbonyl (C=O) groups excluding carboxylic acids is 1. The van der Waals surface area contributed by atoms with E-state index in [2.05, 4.69) is 25.9 Å². The number of aromatic amines is 1. The largest absolute Gasteiger partial charge is 0.493 e. The van der Waals surface area contributed by atoms with Gasteiger partial charge in [0, 0.05) is 34.4 Å². The second-order valence-electron chi connectivity index (χ2n) is 6.50. The van der Waals surface area contributed by atoms with Gasteiger partial charge in [-0.1, -0.05) is 28.1 Å². The number of nitrogens with one attached hydrogen (secondary N) is 1. The Labute approximate surface area is 166 Å². The van der Waals surface area contributed by atoms with Crippen LogP contribution in [0.2, 0.25) is 0 Å². The zero-order chi connectivity index (χ0) is 18.6. The third-order valence-electron chi connectivity index (χ3n) is 4.65. The van der Waals surface area contributed by atoms with Crippen molar-refractivity contribution in [2.75, 3.05) is 6.61 Å². The Morgan fingerprint density at radius 1 is 1.15 bits per heavy atom. The highest BCUT2D eigenvalue weighted by Gasteiger charge is 2.22. The minimum atomic E-state index is 0.112. The molecule has 1 aromatic heterocycles. The maximum Gasteiger partial charge on any atom is 0.189 e. The van der Waals surface area contributed by atoms with E-state index in [1.807, 2.05) is 48.5 Å². The van der Waals surface area contributed by atoms with Gasteiger partial charge in [0.1, 0.15) is 11.6 Å². The second-order valence-corrected chi connectivity index (χ2v) is 7.42. The molecule has 0 amide bonds. The van der Waals surface area contributed by atoms with Crippen molar-refractivity contribution in [3.63, 3.8) is 0 Å². The number of allylic oxidation sites excluding steroid dienone is 1. The van der Waals surface area contributed by atoms with Gasteiger partial charge in [0.25, 0.3) is 0 Å². The van der Waals surface area contributed by atoms with Crippen LogP contribution in [-0.2, 0) is 12.8 Å². The average Bonchev–Trinajstić information content (AvgIpc) is 3.19. The number of nitrogens with zero attached hydrogens (tertiary/aromatic N) is 1. The molecule has 5 heteroatoms. The van der Waals surface area contributed by atoms with Crippen LogP contribution in [0.15, 0.2) is 64.9 Å². The smallest absolute Gasteiger partial charge is 0.189 e. The Bertz CT molecular complexity index is 976. The first-order valence-corrected chi connectivity index (χ1v) is 9.73. The van der Waals surface area contributed by atoms with Crippen LogP contribution in [0.3, 0.4) is 0 Å². The zero-order valence-corrected chi connectivity index (χ0v) is 16.3. The lowest BCUT2D eigenvalue weighted by atomic mass is 9.86. The minimum Gasteiger partial charge on any atom is -0.493 e. The van der Waals surface area contributed by atoms with Crippen LogP contribution in [-0.4, -0.2) is 22.4 Å². The van der Waals surface area contributed by atoms with E-state index in [-0.39, 0.29) is 5.78 Å². The fourth-order valence-electron chi connectivity index (χ4n) is 3.24. The molecule has 0 fully saturated rings. The van der Waals surface area contributed by atoms with Crippen molar-refractivity contribution < 1.29 is 9.53 Å². The highest BCUT2D eigenvalue weighted by atomic mass is 79.9. The molecule has 0 aliphatic heterocycles. The van der Waals surface area contributed by atoms with Gasteiger partial charge in [0.05, 0.1) is 6.61 Å². The van der Waals surface area contributed by atoms with Gasteiger partial charge in [-0.3, -0.25) is 4.79 Å². The minimum absolute atomic E-state index is 0.112. The van der Waals surface area contributed by atoms with E-state index < -0.39 is 0 Å². The molecule has 1 aliphatic carbocycles. The number of ether oxygens (including phenoxy) is 1. The number of Topliss-reactive ketones (excluding diaryl/α,β-unsaturated/α-hetero) is 1. The van der Waals surface area contributed by atoms with Crippen molar-refractivity contribution in [3.05, 3.63) is 87.4 Å². The summed E-state index contributed by atoms with van der Waals surface area (Å²) in [6, 6.07) is 13.7. The molecule has 1 aliphatic rings. The molecule has 0 radical (unpaired) electrons. The zero-order valence-electron chi connectivity index (χ0n) is 14.7.